The first kappa shape index (κ1) is 17.6. The normalized spacial score (nSPS) is 13.8. The minimum atomic E-state index is -0.517. The van der Waals surface area contributed by atoms with Crippen LogP contribution in [0.25, 0.3) is 0 Å². The molecule has 1 fully saturated rings. The zero-order valence-corrected chi connectivity index (χ0v) is 16.3. The largest absolute Gasteiger partial charge is 0.461 e. The molecule has 0 N–H and O–H groups in total. The number of thiocarbonyl (C=S) groups is 1. The van der Waals surface area contributed by atoms with Gasteiger partial charge in [-0.25, -0.2) is 4.79 Å². The number of benzene rings is 1. The second-order valence-electron chi connectivity index (χ2n) is 5.63. The predicted octanol–water partition coefficient (Wildman–Crippen LogP) is 5.22. The average molecular weight is 429 g/mol. The minimum absolute atomic E-state index is 0.147. The van der Waals surface area contributed by atoms with Crippen molar-refractivity contribution in [3.8, 4) is 0 Å². The summed E-state index contributed by atoms with van der Waals surface area (Å²) in [4.78, 5) is 12.8. The molecule has 0 amide bonds. The molecule has 1 aliphatic rings. The van der Waals surface area contributed by atoms with E-state index in [0.717, 1.165) is 28.4 Å². The van der Waals surface area contributed by atoms with E-state index >= 15 is 0 Å². The van der Waals surface area contributed by atoms with Gasteiger partial charge in [0.25, 0.3) is 0 Å². The highest BCUT2D eigenvalue weighted by atomic mass is 79.9. The van der Waals surface area contributed by atoms with Crippen molar-refractivity contribution < 1.29 is 14.1 Å². The Morgan fingerprint density at radius 2 is 2.21 bits per heavy atom. The number of hydrogen-bond acceptors (Lipinski definition) is 5. The zero-order valence-electron chi connectivity index (χ0n) is 13.2. The van der Waals surface area contributed by atoms with Crippen molar-refractivity contribution in [2.75, 3.05) is 6.61 Å². The van der Waals surface area contributed by atoms with E-state index in [1.165, 1.54) is 0 Å². The van der Waals surface area contributed by atoms with Crippen LogP contribution >= 0.6 is 39.7 Å². The van der Waals surface area contributed by atoms with Gasteiger partial charge in [-0.15, -0.1) is 0 Å². The van der Waals surface area contributed by atoms with Gasteiger partial charge in [0.05, 0.1) is 22.1 Å². The van der Waals surface area contributed by atoms with E-state index in [9.17, 15) is 4.79 Å². The van der Waals surface area contributed by atoms with Crippen molar-refractivity contribution in [2.24, 2.45) is 0 Å². The van der Waals surface area contributed by atoms with E-state index in [2.05, 4.69) is 21.1 Å². The lowest BCUT2D eigenvalue weighted by atomic mass is 9.97. The molecule has 1 aromatic heterocycles. The summed E-state index contributed by atoms with van der Waals surface area (Å²) >= 11 is 15.3. The Kier molecular flexibility index (Phi) is 5.08. The van der Waals surface area contributed by atoms with E-state index in [1.807, 2.05) is 13.0 Å². The van der Waals surface area contributed by atoms with E-state index in [0.29, 0.717) is 21.2 Å². The highest BCUT2D eigenvalue weighted by Gasteiger charge is 2.36. The predicted molar refractivity (Wildman–Crippen MR) is 99.1 cm³/mol. The number of carbonyl (C=O) groups excluding carboxylic acids is 1. The molecular weight excluding hydrogens is 414 g/mol. The monoisotopic (exact) mass is 427 g/mol. The molecule has 126 valence electrons. The van der Waals surface area contributed by atoms with Crippen LogP contribution in [0.1, 0.15) is 58.6 Å². The molecule has 0 aliphatic heterocycles. The summed E-state index contributed by atoms with van der Waals surface area (Å²) in [6, 6.07) is 3.62. The lowest BCUT2D eigenvalue weighted by Gasteiger charge is -2.11. The minimum Gasteiger partial charge on any atom is -0.461 e. The van der Waals surface area contributed by atoms with Crippen LogP contribution in [0.3, 0.4) is 0 Å². The maximum absolute atomic E-state index is 12.2. The van der Waals surface area contributed by atoms with Crippen LogP contribution in [0.4, 0.5) is 0 Å². The SMILES string of the molecule is CCOC(=O)c1noc(C2CC2)c1C(=S)c1ccc(Cl)c(Br)c1C. The summed E-state index contributed by atoms with van der Waals surface area (Å²) in [5, 5.41) is 4.55. The molecule has 1 saturated carbocycles. The van der Waals surface area contributed by atoms with E-state index < -0.39 is 5.97 Å². The number of nitrogens with zero attached hydrogens (tertiary/aromatic N) is 1. The van der Waals surface area contributed by atoms with Gasteiger partial charge >= 0.3 is 5.97 Å². The molecule has 1 aliphatic carbocycles. The summed E-state index contributed by atoms with van der Waals surface area (Å²) in [6.45, 7) is 3.94. The number of esters is 1. The fourth-order valence-electron chi connectivity index (χ4n) is 2.52. The Morgan fingerprint density at radius 3 is 2.83 bits per heavy atom. The highest BCUT2D eigenvalue weighted by molar-refractivity contribution is 9.10. The molecule has 4 nitrogen and oxygen atoms in total. The van der Waals surface area contributed by atoms with Crippen molar-refractivity contribution in [3.05, 3.63) is 49.8 Å². The average Bonchev–Trinajstić information content (AvgIpc) is 3.30. The van der Waals surface area contributed by atoms with Gasteiger partial charge in [-0.05, 0) is 59.8 Å². The Bertz CT molecular complexity index is 829. The quantitative estimate of drug-likeness (QED) is 0.371. The standard InChI is InChI=1S/C17H15BrClNO3S/c1-3-22-17(21)14-12(15(23-20-14)9-4-5-9)16(24)10-6-7-11(19)13(18)8(10)2/h6-7,9H,3-5H2,1-2H3. The number of aromatic nitrogens is 1. The third kappa shape index (κ3) is 3.15. The van der Waals surface area contributed by atoms with Crippen molar-refractivity contribution in [1.82, 2.24) is 5.16 Å². The van der Waals surface area contributed by atoms with Gasteiger partial charge in [0.1, 0.15) is 5.76 Å². The lowest BCUT2D eigenvalue weighted by Crippen LogP contribution is -2.13. The Morgan fingerprint density at radius 1 is 1.50 bits per heavy atom. The first-order valence-electron chi connectivity index (χ1n) is 7.61. The topological polar surface area (TPSA) is 52.3 Å². The summed E-state index contributed by atoms with van der Waals surface area (Å²) in [5.74, 6) is 0.425. The van der Waals surface area contributed by atoms with Crippen molar-refractivity contribution in [3.63, 3.8) is 0 Å². The second kappa shape index (κ2) is 6.94. The fraction of sp³-hybridized carbons (Fsp3) is 0.353. The third-order valence-electron chi connectivity index (χ3n) is 3.95. The van der Waals surface area contributed by atoms with E-state index in [1.54, 1.807) is 13.0 Å². The van der Waals surface area contributed by atoms with Gasteiger partial charge in [-0.3, -0.25) is 0 Å². The van der Waals surface area contributed by atoms with Crippen LogP contribution in [-0.4, -0.2) is 22.6 Å². The highest BCUT2D eigenvalue weighted by Crippen LogP contribution is 2.43. The Balaban J connectivity index is 2.10. The summed E-state index contributed by atoms with van der Waals surface area (Å²) < 4.78 is 11.3. The molecule has 3 rings (SSSR count). The van der Waals surface area contributed by atoms with Crippen LogP contribution in [0.5, 0.6) is 0 Å². The fourth-order valence-corrected chi connectivity index (χ4v) is 3.49. The molecule has 0 radical (unpaired) electrons. The Labute approximate surface area is 158 Å². The van der Waals surface area contributed by atoms with Crippen molar-refractivity contribution in [2.45, 2.75) is 32.6 Å². The van der Waals surface area contributed by atoms with Crippen molar-refractivity contribution >= 4 is 50.6 Å². The van der Waals surface area contributed by atoms with Crippen LogP contribution in [-0.2, 0) is 4.74 Å². The number of halogens is 2. The molecule has 0 bridgehead atoms. The maximum atomic E-state index is 12.2. The summed E-state index contributed by atoms with van der Waals surface area (Å²) in [7, 11) is 0. The molecule has 0 unspecified atom stereocenters. The molecular formula is C17H15BrClNO3S. The summed E-state index contributed by atoms with van der Waals surface area (Å²) in [5.41, 5.74) is 2.44. The number of hydrogen-bond donors (Lipinski definition) is 0. The molecule has 0 spiro atoms. The van der Waals surface area contributed by atoms with Gasteiger partial charge in [-0.2, -0.15) is 0 Å². The van der Waals surface area contributed by atoms with Crippen LogP contribution in [0, 0.1) is 6.92 Å². The van der Waals surface area contributed by atoms with E-state index in [4.69, 9.17) is 33.1 Å². The number of carbonyl (C=O) groups is 1. The van der Waals surface area contributed by atoms with Crippen molar-refractivity contribution in [1.29, 1.82) is 0 Å². The molecule has 1 aromatic carbocycles. The smallest absolute Gasteiger partial charge is 0.361 e. The number of rotatable bonds is 5. The molecule has 7 heteroatoms. The molecule has 0 saturated heterocycles. The lowest BCUT2D eigenvalue weighted by molar-refractivity contribution is 0.0514. The van der Waals surface area contributed by atoms with Gasteiger partial charge in [0.15, 0.2) is 5.69 Å². The van der Waals surface area contributed by atoms with Crippen LogP contribution < -0.4 is 0 Å². The molecule has 2 aromatic rings. The van der Waals surface area contributed by atoms with Crippen LogP contribution in [0.15, 0.2) is 21.1 Å². The van der Waals surface area contributed by atoms with Gasteiger partial charge in [0, 0.05) is 10.4 Å². The first-order valence-corrected chi connectivity index (χ1v) is 9.19. The molecule has 1 heterocycles. The third-order valence-corrected chi connectivity index (χ3v) is 5.94. The molecule has 24 heavy (non-hydrogen) atoms. The van der Waals surface area contributed by atoms with Gasteiger partial charge in [0.2, 0.25) is 0 Å². The van der Waals surface area contributed by atoms with Crippen LogP contribution in [0.2, 0.25) is 5.02 Å². The van der Waals surface area contributed by atoms with Gasteiger partial charge < -0.3 is 9.26 Å². The number of ether oxygens (including phenoxy) is 1. The summed E-state index contributed by atoms with van der Waals surface area (Å²) in [6.07, 6.45) is 2.02. The first-order chi connectivity index (χ1) is 11.5. The zero-order chi connectivity index (χ0) is 17.4. The van der Waals surface area contributed by atoms with E-state index in [-0.39, 0.29) is 18.2 Å². The molecule has 0 atom stereocenters. The maximum Gasteiger partial charge on any atom is 0.361 e. The Hall–Kier alpha value is -1.24. The second-order valence-corrected chi connectivity index (χ2v) is 7.24. The van der Waals surface area contributed by atoms with Gasteiger partial charge in [-0.1, -0.05) is 35.0 Å².